The zero-order chi connectivity index (χ0) is 21.2. The van der Waals surface area contributed by atoms with Crippen molar-refractivity contribution in [1.29, 1.82) is 0 Å². The minimum atomic E-state index is -3.89. The van der Waals surface area contributed by atoms with E-state index in [1.54, 1.807) is 24.5 Å². The molecule has 2 atom stereocenters. The number of rotatable bonds is 7. The smallest absolute Gasteiger partial charge is 0.297 e. The first-order valence-electron chi connectivity index (χ1n) is 9.56. The fourth-order valence-electron chi connectivity index (χ4n) is 3.41. The van der Waals surface area contributed by atoms with Crippen LogP contribution in [0.5, 0.6) is 0 Å². The Bertz CT molecular complexity index is 1100. The van der Waals surface area contributed by atoms with Crippen molar-refractivity contribution in [1.82, 2.24) is 15.0 Å². The highest BCUT2D eigenvalue weighted by atomic mass is 32.2. The van der Waals surface area contributed by atoms with Crippen LogP contribution in [-0.4, -0.2) is 42.7 Å². The molecule has 30 heavy (non-hydrogen) atoms. The predicted molar refractivity (Wildman–Crippen MR) is 108 cm³/mol. The van der Waals surface area contributed by atoms with Crippen LogP contribution in [0.25, 0.3) is 0 Å². The second kappa shape index (κ2) is 8.27. The maximum Gasteiger partial charge on any atom is 0.297 e. The molecule has 1 aromatic heterocycles. The van der Waals surface area contributed by atoms with E-state index in [0.29, 0.717) is 0 Å². The normalized spacial score (nSPS) is 21.7. The minimum absolute atomic E-state index is 0.109. The van der Waals surface area contributed by atoms with Crippen molar-refractivity contribution < 1.29 is 22.1 Å². The van der Waals surface area contributed by atoms with Crippen molar-refractivity contribution in [3.05, 3.63) is 77.6 Å². The molecule has 0 amide bonds. The van der Waals surface area contributed by atoms with Crippen LogP contribution in [0.3, 0.4) is 0 Å². The van der Waals surface area contributed by atoms with Crippen LogP contribution in [-0.2, 0) is 36.1 Å². The van der Waals surface area contributed by atoms with E-state index in [9.17, 15) is 8.42 Å². The Morgan fingerprint density at radius 3 is 2.50 bits per heavy atom. The third-order valence-electron chi connectivity index (χ3n) is 4.95. The zero-order valence-electron chi connectivity index (χ0n) is 16.8. The van der Waals surface area contributed by atoms with E-state index in [1.165, 1.54) is 16.9 Å². The summed E-state index contributed by atoms with van der Waals surface area (Å²) in [6, 6.07) is 14.2. The fourth-order valence-corrected chi connectivity index (χ4v) is 4.34. The van der Waals surface area contributed by atoms with Gasteiger partial charge in [0, 0.05) is 5.56 Å². The van der Waals surface area contributed by atoms with Crippen molar-refractivity contribution in [2.24, 2.45) is 0 Å². The SMILES string of the molecule is Cc1ccc(S(=O)(=O)OCC2COC(Cn3nccn3)(c3ccccc3C)O2)cc1. The van der Waals surface area contributed by atoms with Gasteiger partial charge in [0.2, 0.25) is 5.79 Å². The topological polar surface area (TPSA) is 92.5 Å². The number of aromatic nitrogens is 3. The van der Waals surface area contributed by atoms with Gasteiger partial charge in [-0.2, -0.15) is 23.4 Å². The second-order valence-electron chi connectivity index (χ2n) is 7.23. The zero-order valence-corrected chi connectivity index (χ0v) is 17.6. The van der Waals surface area contributed by atoms with Crippen molar-refractivity contribution >= 4 is 10.1 Å². The number of aryl methyl sites for hydroxylation is 2. The highest BCUT2D eigenvalue weighted by molar-refractivity contribution is 7.86. The van der Waals surface area contributed by atoms with E-state index in [2.05, 4.69) is 10.2 Å². The van der Waals surface area contributed by atoms with Gasteiger partial charge in [0.15, 0.2) is 0 Å². The summed E-state index contributed by atoms with van der Waals surface area (Å²) in [5.74, 6) is -1.13. The van der Waals surface area contributed by atoms with E-state index < -0.39 is 22.0 Å². The molecule has 8 nitrogen and oxygen atoms in total. The van der Waals surface area contributed by atoms with Crippen LogP contribution in [0, 0.1) is 13.8 Å². The molecule has 2 heterocycles. The number of hydrogen-bond donors (Lipinski definition) is 0. The van der Waals surface area contributed by atoms with Gasteiger partial charge in [-0.1, -0.05) is 42.0 Å². The van der Waals surface area contributed by atoms with Gasteiger partial charge in [0.1, 0.15) is 12.6 Å². The lowest BCUT2D eigenvalue weighted by molar-refractivity contribution is -0.192. The molecule has 0 aliphatic carbocycles. The lowest BCUT2D eigenvalue weighted by atomic mass is 10.0. The molecule has 2 unspecified atom stereocenters. The molecule has 4 rings (SSSR count). The summed E-state index contributed by atoms with van der Waals surface area (Å²) in [6.07, 6.45) is 2.59. The van der Waals surface area contributed by atoms with E-state index in [-0.39, 0.29) is 24.7 Å². The van der Waals surface area contributed by atoms with E-state index in [1.807, 2.05) is 38.1 Å². The molecule has 158 valence electrons. The lowest BCUT2D eigenvalue weighted by Crippen LogP contribution is -2.36. The Labute approximate surface area is 175 Å². The fraction of sp³-hybridized carbons (Fsp3) is 0.333. The first-order chi connectivity index (χ1) is 14.4. The van der Waals surface area contributed by atoms with Gasteiger partial charge in [-0.15, -0.1) is 0 Å². The molecule has 1 saturated heterocycles. The first kappa shape index (κ1) is 20.7. The summed E-state index contributed by atoms with van der Waals surface area (Å²) in [6.45, 7) is 4.11. The van der Waals surface area contributed by atoms with Gasteiger partial charge in [-0.3, -0.25) is 4.18 Å². The molecule has 2 aromatic carbocycles. The number of benzene rings is 2. The van der Waals surface area contributed by atoms with Crippen molar-refractivity contribution in [3.63, 3.8) is 0 Å². The van der Waals surface area contributed by atoms with Crippen LogP contribution in [0.15, 0.2) is 65.8 Å². The Morgan fingerprint density at radius 1 is 1.10 bits per heavy atom. The third kappa shape index (κ3) is 4.29. The second-order valence-corrected chi connectivity index (χ2v) is 8.85. The monoisotopic (exact) mass is 429 g/mol. The van der Waals surface area contributed by atoms with Crippen LogP contribution in [0.2, 0.25) is 0 Å². The number of hydrogen-bond acceptors (Lipinski definition) is 7. The molecular weight excluding hydrogens is 406 g/mol. The van der Waals surface area contributed by atoms with Gasteiger partial charge in [-0.25, -0.2) is 0 Å². The average Bonchev–Trinajstić information content (AvgIpc) is 3.38. The summed E-state index contributed by atoms with van der Waals surface area (Å²) in [7, 11) is -3.89. The molecule has 0 bridgehead atoms. The maximum absolute atomic E-state index is 12.5. The van der Waals surface area contributed by atoms with Crippen LogP contribution >= 0.6 is 0 Å². The van der Waals surface area contributed by atoms with E-state index in [4.69, 9.17) is 13.7 Å². The highest BCUT2D eigenvalue weighted by Crippen LogP contribution is 2.37. The van der Waals surface area contributed by atoms with Crippen LogP contribution < -0.4 is 0 Å². The summed E-state index contributed by atoms with van der Waals surface area (Å²) in [5, 5.41) is 8.31. The average molecular weight is 429 g/mol. The quantitative estimate of drug-likeness (QED) is 0.533. The predicted octanol–water partition coefficient (Wildman–Crippen LogP) is 2.57. The molecule has 0 radical (unpaired) electrons. The Kier molecular flexibility index (Phi) is 5.70. The van der Waals surface area contributed by atoms with Crippen molar-refractivity contribution in [3.8, 4) is 0 Å². The molecule has 0 saturated carbocycles. The Balaban J connectivity index is 1.52. The van der Waals surface area contributed by atoms with Crippen molar-refractivity contribution in [2.45, 2.75) is 37.2 Å². The largest absolute Gasteiger partial charge is 0.342 e. The molecule has 1 aliphatic rings. The van der Waals surface area contributed by atoms with Gasteiger partial charge < -0.3 is 9.47 Å². The summed E-state index contributed by atoms with van der Waals surface area (Å²) < 4.78 is 42.6. The number of nitrogens with zero attached hydrogens (tertiary/aromatic N) is 3. The summed E-state index contributed by atoms with van der Waals surface area (Å²) in [5.41, 5.74) is 2.79. The van der Waals surface area contributed by atoms with Crippen LogP contribution in [0.1, 0.15) is 16.7 Å². The van der Waals surface area contributed by atoms with Gasteiger partial charge in [-0.05, 0) is 31.5 Å². The maximum atomic E-state index is 12.5. The third-order valence-corrected chi connectivity index (χ3v) is 6.25. The summed E-state index contributed by atoms with van der Waals surface area (Å²) >= 11 is 0. The van der Waals surface area contributed by atoms with Crippen molar-refractivity contribution in [2.75, 3.05) is 13.2 Å². The molecule has 0 spiro atoms. The molecule has 0 N–H and O–H groups in total. The number of ether oxygens (including phenoxy) is 2. The molecule has 1 fully saturated rings. The Hall–Kier alpha value is -2.59. The summed E-state index contributed by atoms with van der Waals surface area (Å²) in [4.78, 5) is 1.59. The lowest BCUT2D eigenvalue weighted by Gasteiger charge is -2.29. The van der Waals surface area contributed by atoms with Crippen LogP contribution in [0.4, 0.5) is 0 Å². The van der Waals surface area contributed by atoms with Gasteiger partial charge in [0.05, 0.1) is 30.5 Å². The molecule has 1 aliphatic heterocycles. The molecular formula is C21H23N3O5S. The Morgan fingerprint density at radius 2 is 1.80 bits per heavy atom. The minimum Gasteiger partial charge on any atom is -0.342 e. The first-order valence-corrected chi connectivity index (χ1v) is 11.0. The molecule has 9 heteroatoms. The van der Waals surface area contributed by atoms with E-state index in [0.717, 1.165) is 16.7 Å². The highest BCUT2D eigenvalue weighted by Gasteiger charge is 2.45. The molecule has 3 aromatic rings. The van der Waals surface area contributed by atoms with E-state index >= 15 is 0 Å². The van der Waals surface area contributed by atoms with Gasteiger partial charge in [0.25, 0.3) is 10.1 Å². The standard InChI is InChI=1S/C21H23N3O5S/c1-16-7-9-19(10-8-16)30(25,26)28-14-18-13-27-21(29-18,15-24-22-11-12-23-24)20-6-4-3-5-17(20)2/h3-12,18H,13-15H2,1-2H3. The van der Waals surface area contributed by atoms with Gasteiger partial charge >= 0.3 is 0 Å².